The van der Waals surface area contributed by atoms with Crippen LogP contribution in [0.15, 0.2) is 42.7 Å². The lowest BCUT2D eigenvalue weighted by molar-refractivity contribution is -0.122. The quantitative estimate of drug-likeness (QED) is 0.802. The summed E-state index contributed by atoms with van der Waals surface area (Å²) in [7, 11) is 3.11. The first-order valence-corrected chi connectivity index (χ1v) is 6.72. The van der Waals surface area contributed by atoms with Crippen molar-refractivity contribution >= 4 is 5.91 Å². The Morgan fingerprint density at radius 1 is 1.14 bits per heavy atom. The molecule has 21 heavy (non-hydrogen) atoms. The van der Waals surface area contributed by atoms with Crippen molar-refractivity contribution in [2.75, 3.05) is 14.2 Å². The van der Waals surface area contributed by atoms with Gasteiger partial charge in [-0.1, -0.05) is 30.3 Å². The van der Waals surface area contributed by atoms with E-state index in [9.17, 15) is 4.79 Å². The molecule has 2 rings (SSSR count). The Labute approximate surface area is 124 Å². The minimum absolute atomic E-state index is 0.165. The van der Waals surface area contributed by atoms with Gasteiger partial charge in [0.25, 0.3) is 5.91 Å². The molecule has 5 nitrogen and oxygen atoms in total. The van der Waals surface area contributed by atoms with E-state index in [1.165, 1.54) is 0 Å². The number of amides is 1. The Kier molecular flexibility index (Phi) is 5.14. The van der Waals surface area contributed by atoms with Gasteiger partial charge in [0.1, 0.15) is 6.04 Å². The molecule has 1 amide bonds. The first-order valence-electron chi connectivity index (χ1n) is 6.72. The fourth-order valence-electron chi connectivity index (χ4n) is 2.24. The van der Waals surface area contributed by atoms with Gasteiger partial charge in [-0.05, 0) is 18.1 Å². The molecule has 1 heterocycles. The van der Waals surface area contributed by atoms with E-state index in [2.05, 4.69) is 10.3 Å². The predicted octanol–water partition coefficient (Wildman–Crippen LogP) is 2.41. The molecule has 0 bridgehead atoms. The molecule has 0 radical (unpaired) electrons. The number of nitrogens with one attached hydrogen (secondary N) is 2. The molecule has 0 aliphatic carbocycles. The summed E-state index contributed by atoms with van der Waals surface area (Å²) in [5.74, 6) is -0.165. The third-order valence-corrected chi connectivity index (χ3v) is 3.38. The van der Waals surface area contributed by atoms with Gasteiger partial charge < -0.3 is 19.8 Å². The largest absolute Gasteiger partial charge is 0.367 e. The summed E-state index contributed by atoms with van der Waals surface area (Å²) in [5, 5.41) is 2.97. The topological polar surface area (TPSA) is 63.4 Å². The maximum absolute atomic E-state index is 12.4. The summed E-state index contributed by atoms with van der Waals surface area (Å²) in [6, 6.07) is 9.23. The van der Waals surface area contributed by atoms with Crippen LogP contribution in [0.3, 0.4) is 0 Å². The summed E-state index contributed by atoms with van der Waals surface area (Å²) in [4.78, 5) is 15.3. The Morgan fingerprint density at radius 2 is 1.81 bits per heavy atom. The van der Waals surface area contributed by atoms with Crippen molar-refractivity contribution in [3.63, 3.8) is 0 Å². The zero-order chi connectivity index (χ0) is 15.2. The van der Waals surface area contributed by atoms with E-state index in [1.54, 1.807) is 26.6 Å². The van der Waals surface area contributed by atoms with Crippen LogP contribution in [-0.2, 0) is 9.47 Å². The predicted molar refractivity (Wildman–Crippen MR) is 80.0 cm³/mol. The second-order valence-electron chi connectivity index (χ2n) is 4.75. The van der Waals surface area contributed by atoms with Crippen molar-refractivity contribution in [1.82, 2.24) is 10.3 Å². The molecule has 0 aliphatic heterocycles. The van der Waals surface area contributed by atoms with Crippen molar-refractivity contribution in [3.8, 4) is 0 Å². The van der Waals surface area contributed by atoms with Crippen molar-refractivity contribution < 1.29 is 14.3 Å². The lowest BCUT2D eigenvalue weighted by Crippen LogP contribution is -2.38. The van der Waals surface area contributed by atoms with E-state index in [4.69, 9.17) is 9.47 Å². The van der Waals surface area contributed by atoms with E-state index >= 15 is 0 Å². The van der Waals surface area contributed by atoms with Crippen LogP contribution in [0.5, 0.6) is 0 Å². The number of carbonyl (C=O) groups is 1. The number of rotatable bonds is 6. The van der Waals surface area contributed by atoms with Crippen molar-refractivity contribution in [3.05, 3.63) is 59.4 Å². The molecule has 0 aliphatic rings. The second kappa shape index (κ2) is 7.06. The monoisotopic (exact) mass is 288 g/mol. The van der Waals surface area contributed by atoms with Crippen molar-refractivity contribution in [2.24, 2.45) is 0 Å². The molecular formula is C16H20N2O3. The Bertz CT molecular complexity index is 576. The number of hydrogen-bond donors (Lipinski definition) is 2. The summed E-state index contributed by atoms with van der Waals surface area (Å²) >= 11 is 0. The van der Waals surface area contributed by atoms with E-state index in [0.29, 0.717) is 5.56 Å². The summed E-state index contributed by atoms with van der Waals surface area (Å²) < 4.78 is 10.6. The Hall–Kier alpha value is -2.11. The molecule has 1 aromatic heterocycles. The number of aromatic nitrogens is 1. The molecule has 1 unspecified atom stereocenters. The zero-order valence-corrected chi connectivity index (χ0v) is 12.4. The molecule has 112 valence electrons. The molecule has 2 N–H and O–H groups in total. The minimum Gasteiger partial charge on any atom is -0.367 e. The molecule has 1 atom stereocenters. The van der Waals surface area contributed by atoms with Gasteiger partial charge in [-0.25, -0.2) is 0 Å². The van der Waals surface area contributed by atoms with E-state index < -0.39 is 6.29 Å². The number of ether oxygens (including phenoxy) is 2. The molecule has 0 fully saturated rings. The maximum Gasteiger partial charge on any atom is 0.253 e. The van der Waals surface area contributed by atoms with Crippen LogP contribution in [0.1, 0.15) is 27.5 Å². The molecule has 0 saturated carbocycles. The Balaban J connectivity index is 2.24. The van der Waals surface area contributed by atoms with Gasteiger partial charge in [0.15, 0.2) is 6.29 Å². The number of methoxy groups -OCH3 is 2. The average molecular weight is 288 g/mol. The van der Waals surface area contributed by atoms with Crippen LogP contribution in [-0.4, -0.2) is 31.4 Å². The highest BCUT2D eigenvalue weighted by atomic mass is 16.7. The highest BCUT2D eigenvalue weighted by Gasteiger charge is 2.25. The maximum atomic E-state index is 12.4. The Morgan fingerprint density at radius 3 is 2.33 bits per heavy atom. The van der Waals surface area contributed by atoms with Crippen LogP contribution in [0.25, 0.3) is 0 Å². The minimum atomic E-state index is -0.560. The molecule has 1 aromatic carbocycles. The molecule has 0 spiro atoms. The van der Waals surface area contributed by atoms with Gasteiger partial charge >= 0.3 is 0 Å². The van der Waals surface area contributed by atoms with E-state index in [1.807, 2.05) is 37.3 Å². The highest BCUT2D eigenvalue weighted by molar-refractivity contribution is 5.95. The van der Waals surface area contributed by atoms with Gasteiger partial charge in [0.2, 0.25) is 0 Å². The fourth-order valence-corrected chi connectivity index (χ4v) is 2.24. The molecular weight excluding hydrogens is 268 g/mol. The number of aromatic amines is 1. The van der Waals surface area contributed by atoms with Gasteiger partial charge in [-0.2, -0.15) is 0 Å². The van der Waals surface area contributed by atoms with Gasteiger partial charge in [-0.3, -0.25) is 4.79 Å². The number of carbonyl (C=O) groups excluding carboxylic acids is 1. The highest BCUT2D eigenvalue weighted by Crippen LogP contribution is 2.20. The smallest absolute Gasteiger partial charge is 0.253 e. The third-order valence-electron chi connectivity index (χ3n) is 3.38. The van der Waals surface area contributed by atoms with Crippen LogP contribution in [0.2, 0.25) is 0 Å². The van der Waals surface area contributed by atoms with Gasteiger partial charge in [0.05, 0.1) is 5.56 Å². The van der Waals surface area contributed by atoms with Crippen LogP contribution in [0.4, 0.5) is 0 Å². The number of H-pyrrole nitrogens is 1. The van der Waals surface area contributed by atoms with E-state index in [-0.39, 0.29) is 11.9 Å². The van der Waals surface area contributed by atoms with Gasteiger partial charge in [-0.15, -0.1) is 0 Å². The first kappa shape index (κ1) is 15.3. The average Bonchev–Trinajstić information content (AvgIpc) is 2.94. The summed E-state index contributed by atoms with van der Waals surface area (Å²) in [5.41, 5.74) is 2.43. The number of benzene rings is 1. The lowest BCUT2D eigenvalue weighted by atomic mass is 10.1. The van der Waals surface area contributed by atoms with Gasteiger partial charge in [0, 0.05) is 26.6 Å². The molecule has 0 saturated heterocycles. The number of aryl methyl sites for hydroxylation is 1. The first-order chi connectivity index (χ1) is 10.2. The lowest BCUT2D eigenvalue weighted by Gasteiger charge is -2.26. The van der Waals surface area contributed by atoms with Crippen molar-refractivity contribution in [1.29, 1.82) is 0 Å². The summed E-state index contributed by atoms with van der Waals surface area (Å²) in [6.45, 7) is 1.88. The zero-order valence-electron chi connectivity index (χ0n) is 12.4. The fraction of sp³-hybridized carbons (Fsp3) is 0.312. The molecule has 2 aromatic rings. The van der Waals surface area contributed by atoms with E-state index in [0.717, 1.165) is 11.1 Å². The second-order valence-corrected chi connectivity index (χ2v) is 4.75. The van der Waals surface area contributed by atoms with Crippen LogP contribution >= 0.6 is 0 Å². The molecule has 5 heteroatoms. The van der Waals surface area contributed by atoms with Crippen LogP contribution in [0, 0.1) is 6.92 Å². The van der Waals surface area contributed by atoms with Crippen LogP contribution < -0.4 is 5.32 Å². The standard InChI is InChI=1S/C16H20N2O3/c1-11-9-17-10-13(11)15(19)18-14(16(20-2)21-3)12-7-5-4-6-8-12/h4-10,14,16-17H,1-3H3,(H,18,19). The summed E-state index contributed by atoms with van der Waals surface area (Å²) in [6.07, 6.45) is 2.91. The normalized spacial score (nSPS) is 12.4. The number of hydrogen-bond acceptors (Lipinski definition) is 3. The SMILES string of the molecule is COC(OC)C(NC(=O)c1c[nH]cc1C)c1ccccc1. The third kappa shape index (κ3) is 3.51. The van der Waals surface area contributed by atoms with Crippen molar-refractivity contribution in [2.45, 2.75) is 19.3 Å².